The molecule has 2 atom stereocenters. The first-order valence-corrected chi connectivity index (χ1v) is 29.3. The van der Waals surface area contributed by atoms with Crippen molar-refractivity contribution >= 4 is 83.2 Å². The molecule has 0 amide bonds. The highest BCUT2D eigenvalue weighted by Gasteiger charge is 2.26. The van der Waals surface area contributed by atoms with Crippen LogP contribution in [0.15, 0.2) is 282 Å². The fourth-order valence-electron chi connectivity index (χ4n) is 12.8. The van der Waals surface area contributed by atoms with Gasteiger partial charge in [0.2, 0.25) is 0 Å². The molecule has 3 aliphatic heterocycles. The predicted molar refractivity (Wildman–Crippen MR) is 353 cm³/mol. The molecular weight excluding hydrogens is 1020 g/mol. The van der Waals surface area contributed by atoms with Crippen LogP contribution in [0.3, 0.4) is 0 Å². The van der Waals surface area contributed by atoms with Crippen LogP contribution in [0, 0.1) is 0 Å². The fourth-order valence-corrected chi connectivity index (χ4v) is 12.8. The van der Waals surface area contributed by atoms with Crippen LogP contribution in [0.5, 0.6) is 0 Å². The highest BCUT2D eigenvalue weighted by molar-refractivity contribution is 6.27. The Bertz CT molecular complexity index is 4590. The summed E-state index contributed by atoms with van der Waals surface area (Å²) in [5.74, 6) is 0. The number of nitrogens with one attached hydrogen (secondary N) is 2. The summed E-state index contributed by atoms with van der Waals surface area (Å²) < 4.78 is 0. The Labute approximate surface area is 489 Å². The normalized spacial score (nSPS) is 16.9. The molecule has 0 saturated heterocycles. The molecule has 11 aromatic carbocycles. The number of rotatable bonds is 10. The lowest BCUT2D eigenvalue weighted by molar-refractivity contribution is -0.600. The number of fused-ring (bicyclic) bond motifs is 4. The molecule has 402 valence electrons. The lowest BCUT2D eigenvalue weighted by Gasteiger charge is -2.26. The van der Waals surface area contributed by atoms with Gasteiger partial charge in [0.25, 0.3) is 0 Å². The van der Waals surface area contributed by atoms with Gasteiger partial charge in [-0.1, -0.05) is 212 Å². The number of hydrogen-bond donors (Lipinski definition) is 4. The van der Waals surface area contributed by atoms with E-state index in [1.807, 2.05) is 19.1 Å². The molecule has 0 fully saturated rings. The molecule has 6 N–H and O–H groups in total. The van der Waals surface area contributed by atoms with E-state index >= 15 is 0 Å². The number of quaternary nitrogens is 1. The third-order valence-corrected chi connectivity index (χ3v) is 17.2. The second-order valence-corrected chi connectivity index (χ2v) is 22.4. The Hall–Kier alpha value is -10.4. The molecule has 3 heterocycles. The molecular formula is C78H61N6+. The number of aliphatic imine (C=N–C) groups is 2. The summed E-state index contributed by atoms with van der Waals surface area (Å²) in [7, 11) is 0. The average molecular weight is 1080 g/mol. The molecule has 0 bridgehead atoms. The van der Waals surface area contributed by atoms with Gasteiger partial charge in [-0.15, -0.1) is 0 Å². The number of benzene rings is 11. The summed E-state index contributed by atoms with van der Waals surface area (Å²) in [5.41, 5.74) is 28.7. The van der Waals surface area contributed by atoms with E-state index in [-0.39, 0.29) is 12.3 Å². The largest absolute Gasteiger partial charge is 0.398 e. The van der Waals surface area contributed by atoms with E-state index in [0.29, 0.717) is 0 Å². The van der Waals surface area contributed by atoms with Gasteiger partial charge in [-0.3, -0.25) is 9.98 Å². The van der Waals surface area contributed by atoms with Crippen LogP contribution >= 0.6 is 0 Å². The summed E-state index contributed by atoms with van der Waals surface area (Å²) in [6, 6.07) is 81.3. The van der Waals surface area contributed by atoms with E-state index in [4.69, 9.17) is 15.7 Å². The van der Waals surface area contributed by atoms with Crippen molar-refractivity contribution in [2.75, 3.05) is 12.3 Å². The third kappa shape index (κ3) is 9.52. The maximum absolute atomic E-state index is 6.34. The van der Waals surface area contributed by atoms with Gasteiger partial charge < -0.3 is 21.7 Å². The molecule has 0 saturated carbocycles. The molecule has 11 aromatic rings. The van der Waals surface area contributed by atoms with Crippen molar-refractivity contribution < 1.29 is 5.32 Å². The van der Waals surface area contributed by atoms with E-state index in [2.05, 4.69) is 271 Å². The van der Waals surface area contributed by atoms with Gasteiger partial charge in [-0.25, -0.2) is 0 Å². The summed E-state index contributed by atoms with van der Waals surface area (Å²) >= 11 is 0. The first-order chi connectivity index (χ1) is 41.4. The summed E-state index contributed by atoms with van der Waals surface area (Å²) in [4.78, 5) is 11.2. The minimum Gasteiger partial charge on any atom is -0.398 e. The zero-order valence-corrected chi connectivity index (χ0v) is 46.7. The van der Waals surface area contributed by atoms with Crippen molar-refractivity contribution in [1.82, 2.24) is 10.6 Å². The third-order valence-electron chi connectivity index (χ3n) is 17.2. The molecule has 0 spiro atoms. The molecule has 15 rings (SSSR count). The zero-order valence-electron chi connectivity index (χ0n) is 46.7. The lowest BCUT2D eigenvalue weighted by Crippen LogP contribution is -2.82. The predicted octanol–water partition coefficient (Wildman–Crippen LogP) is 17.1. The first kappa shape index (κ1) is 50.6. The van der Waals surface area contributed by atoms with Gasteiger partial charge in [-0.05, 0) is 172 Å². The molecule has 1 aliphatic carbocycles. The van der Waals surface area contributed by atoms with Crippen molar-refractivity contribution in [1.29, 1.82) is 0 Å². The van der Waals surface area contributed by atoms with Crippen LogP contribution in [-0.4, -0.2) is 18.0 Å². The van der Waals surface area contributed by atoms with Crippen molar-refractivity contribution in [3.63, 3.8) is 0 Å². The highest BCUT2D eigenvalue weighted by atomic mass is 15.1. The van der Waals surface area contributed by atoms with Gasteiger partial charge >= 0.3 is 0 Å². The van der Waals surface area contributed by atoms with Crippen molar-refractivity contribution in [3.8, 4) is 22.3 Å². The fraction of sp³-hybridized carbons (Fsp3) is 0.0769. The molecule has 2 unspecified atom stereocenters. The Morgan fingerprint density at radius 2 is 0.881 bits per heavy atom. The standard InChI is InChI=1S/C78H60N6/c1-2-12-63-43-57(38-40-69(63)79)51-22-30-53(31-23-51)71-47-73(75-65-18-7-3-13-59(65)45-60-14-4-8-19-66(60)75)83-77(81-71)55-34-26-49(27-35-55)50-28-36-56(37-29-50)78-82-72(54-32-24-52(25-33-54)58-39-41-70-64(44-58)17-11-42-80-70)48-74(84-78)76-67-20-9-5-15-61(67)46-62-16-6-10-21-68(62)76/h2-38,40,43-48,77-78,80-82H,39,41-42,79H2,1H3/p+1/b12-2-. The number of nitrogens with zero attached hydrogens (tertiary/aromatic N) is 2. The summed E-state index contributed by atoms with van der Waals surface area (Å²) in [6.45, 7) is 3.05. The Morgan fingerprint density at radius 1 is 0.452 bits per heavy atom. The van der Waals surface area contributed by atoms with Crippen LogP contribution in [0.2, 0.25) is 0 Å². The Balaban J connectivity index is 0.757. The smallest absolute Gasteiger partial charge is 0.145 e. The van der Waals surface area contributed by atoms with Crippen LogP contribution in [0.1, 0.15) is 76.6 Å². The summed E-state index contributed by atoms with van der Waals surface area (Å²) in [5, 5.41) is 19.6. The second kappa shape index (κ2) is 21.5. The number of anilines is 1. The van der Waals surface area contributed by atoms with Gasteiger partial charge in [0.1, 0.15) is 18.0 Å². The molecule has 6 nitrogen and oxygen atoms in total. The van der Waals surface area contributed by atoms with Crippen molar-refractivity contribution in [3.05, 3.63) is 317 Å². The van der Waals surface area contributed by atoms with Crippen molar-refractivity contribution in [2.24, 2.45) is 9.98 Å². The maximum atomic E-state index is 6.34. The van der Waals surface area contributed by atoms with E-state index < -0.39 is 0 Å². The van der Waals surface area contributed by atoms with Crippen molar-refractivity contribution in [2.45, 2.75) is 32.1 Å². The van der Waals surface area contributed by atoms with Crippen LogP contribution < -0.4 is 21.7 Å². The van der Waals surface area contributed by atoms with E-state index in [1.54, 1.807) is 0 Å². The minimum absolute atomic E-state index is 0.329. The van der Waals surface area contributed by atoms with Crippen LogP contribution in [-0.2, 0) is 0 Å². The van der Waals surface area contributed by atoms with Gasteiger partial charge in [-0.2, -0.15) is 0 Å². The van der Waals surface area contributed by atoms with E-state index in [1.165, 1.54) is 65.5 Å². The van der Waals surface area contributed by atoms with Crippen LogP contribution in [0.4, 0.5) is 5.69 Å². The van der Waals surface area contributed by atoms with E-state index in [9.17, 15) is 0 Å². The highest BCUT2D eigenvalue weighted by Crippen LogP contribution is 2.39. The topological polar surface area (TPSA) is 91.4 Å². The van der Waals surface area contributed by atoms with Crippen LogP contribution in [0.25, 0.3) is 88.4 Å². The number of nitrogen functional groups attached to an aromatic ring is 1. The molecule has 6 heteroatoms. The quantitative estimate of drug-likeness (QED) is 0.0812. The Kier molecular flexibility index (Phi) is 12.9. The van der Waals surface area contributed by atoms with E-state index in [0.717, 1.165) is 109 Å². The molecule has 4 aliphatic rings. The molecule has 0 radical (unpaired) electrons. The van der Waals surface area contributed by atoms with Gasteiger partial charge in [0.05, 0.1) is 18.0 Å². The Morgan fingerprint density at radius 3 is 1.37 bits per heavy atom. The SMILES string of the molecule is C/C=C\c1cc(-c2ccc(C3=CC(c4c5ccccc5cc5ccccc45)=NC(c4ccc(-c5ccc(C6N=C(c7c8ccccc8cc8ccccc78)C=C(c7ccc(C8=CC9=C(CC8)[NH2+]CC=C9)cc7)N6)cc5)cc4)N3)cc2)ccc1N. The zero-order chi connectivity index (χ0) is 56.1. The minimum atomic E-state index is -0.348. The maximum Gasteiger partial charge on any atom is 0.145 e. The first-order valence-electron chi connectivity index (χ1n) is 29.3. The molecule has 0 aromatic heterocycles. The summed E-state index contributed by atoms with van der Waals surface area (Å²) in [6.07, 6.45) is 17.0. The average Bonchev–Trinajstić information content (AvgIpc) is 3.72. The number of allylic oxidation sites excluding steroid dienone is 8. The monoisotopic (exact) mass is 1080 g/mol. The van der Waals surface area contributed by atoms with Gasteiger partial charge in [0.15, 0.2) is 0 Å². The lowest BCUT2D eigenvalue weighted by atomic mass is 9.89. The van der Waals surface area contributed by atoms with Gasteiger partial charge in [0, 0.05) is 40.2 Å². The molecule has 84 heavy (non-hydrogen) atoms. The number of hydrogen-bond acceptors (Lipinski definition) is 5. The second-order valence-electron chi connectivity index (χ2n) is 22.4. The number of nitrogens with two attached hydrogens (primary N) is 2.